The predicted octanol–water partition coefficient (Wildman–Crippen LogP) is 29.7. The quantitative estimate of drug-likeness (QED) is 0.0373. The minimum atomic E-state index is -0.768. The molecule has 0 saturated heterocycles. The molecule has 536 valence electrons. The molecule has 0 aromatic heterocycles. The molecule has 1 N–H and O–H groups in total. The summed E-state index contributed by atoms with van der Waals surface area (Å²) in [7, 11) is 0. The van der Waals surface area contributed by atoms with E-state index in [0.717, 1.165) is 32.1 Å². The van der Waals surface area contributed by atoms with Gasteiger partial charge in [-0.3, -0.25) is 9.59 Å². The fraction of sp³-hybridized carbons (Fsp3) is 0.953. The zero-order valence-corrected chi connectivity index (χ0v) is 62.0. The molecule has 0 aliphatic rings. The van der Waals surface area contributed by atoms with Crippen LogP contribution in [0.5, 0.6) is 0 Å². The molecule has 1 atom stereocenters. The second-order valence-corrected chi connectivity index (χ2v) is 29.3. The summed E-state index contributed by atoms with van der Waals surface area (Å²) in [5.74, 6) is -0.557. The van der Waals surface area contributed by atoms with Crippen LogP contribution in [0, 0.1) is 0 Å². The highest BCUT2D eigenvalue weighted by molar-refractivity contribution is 5.70. The van der Waals surface area contributed by atoms with Gasteiger partial charge in [0.25, 0.3) is 0 Å². The van der Waals surface area contributed by atoms with Crippen molar-refractivity contribution in [3.05, 3.63) is 12.2 Å². The molecule has 0 fully saturated rings. The first kappa shape index (κ1) is 88.6. The summed E-state index contributed by atoms with van der Waals surface area (Å²) in [4.78, 5) is 24.7. The normalized spacial score (nSPS) is 12.1. The van der Waals surface area contributed by atoms with Gasteiger partial charge in [0.15, 0.2) is 6.10 Å². The lowest BCUT2D eigenvalue weighted by molar-refractivity contribution is -0.161. The zero-order valence-electron chi connectivity index (χ0n) is 62.0. The Morgan fingerprint density at radius 3 is 0.600 bits per heavy atom. The second-order valence-electron chi connectivity index (χ2n) is 29.3. The molecule has 0 bridgehead atoms. The number of hydrogen-bond donors (Lipinski definition) is 1. The van der Waals surface area contributed by atoms with E-state index in [4.69, 9.17) is 9.47 Å². The molecule has 0 aromatic carbocycles. The highest BCUT2D eigenvalue weighted by atomic mass is 16.6. The summed E-state index contributed by atoms with van der Waals surface area (Å²) in [5.41, 5.74) is 0. The van der Waals surface area contributed by atoms with E-state index in [1.54, 1.807) is 0 Å². The minimum absolute atomic E-state index is 0.0561. The van der Waals surface area contributed by atoms with Crippen LogP contribution < -0.4 is 0 Å². The van der Waals surface area contributed by atoms with Crippen LogP contribution in [0.1, 0.15) is 502 Å². The van der Waals surface area contributed by atoms with Gasteiger partial charge < -0.3 is 14.6 Å². The maximum Gasteiger partial charge on any atom is 0.306 e. The van der Waals surface area contributed by atoms with Crippen molar-refractivity contribution in [2.75, 3.05) is 13.2 Å². The number of unbranched alkanes of at least 4 members (excludes halogenated alkanes) is 71. The average molecular weight is 1270 g/mol. The van der Waals surface area contributed by atoms with Crippen molar-refractivity contribution in [3.63, 3.8) is 0 Å². The largest absolute Gasteiger partial charge is 0.462 e. The number of hydrogen-bond acceptors (Lipinski definition) is 5. The Hall–Kier alpha value is -1.36. The Morgan fingerprint density at radius 2 is 0.411 bits per heavy atom. The first-order valence-corrected chi connectivity index (χ1v) is 42.2. The maximum atomic E-state index is 12.4. The molecule has 1 unspecified atom stereocenters. The monoisotopic (exact) mass is 1270 g/mol. The van der Waals surface area contributed by atoms with E-state index in [1.165, 1.54) is 443 Å². The van der Waals surface area contributed by atoms with E-state index >= 15 is 0 Å². The number of allylic oxidation sites excluding steroid dienone is 2. The van der Waals surface area contributed by atoms with Crippen molar-refractivity contribution in [3.8, 4) is 0 Å². The lowest BCUT2D eigenvalue weighted by Gasteiger charge is -2.15. The van der Waals surface area contributed by atoms with Crippen molar-refractivity contribution < 1.29 is 24.2 Å². The van der Waals surface area contributed by atoms with E-state index in [9.17, 15) is 14.7 Å². The van der Waals surface area contributed by atoms with Gasteiger partial charge in [0.05, 0.1) is 6.61 Å². The number of carbonyl (C=O) groups excluding carboxylic acids is 2. The summed E-state index contributed by atoms with van der Waals surface area (Å²) in [6.07, 6.45) is 108. The zero-order chi connectivity index (χ0) is 64.7. The van der Waals surface area contributed by atoms with Gasteiger partial charge in [-0.25, -0.2) is 0 Å². The van der Waals surface area contributed by atoms with Crippen LogP contribution in [0.2, 0.25) is 0 Å². The predicted molar refractivity (Wildman–Crippen MR) is 399 cm³/mol. The van der Waals surface area contributed by atoms with Crippen LogP contribution in [-0.2, 0) is 19.1 Å². The second kappa shape index (κ2) is 81.9. The molecule has 0 aromatic rings. The van der Waals surface area contributed by atoms with Gasteiger partial charge in [-0.15, -0.1) is 0 Å². The molecule has 0 aliphatic heterocycles. The number of rotatable bonds is 81. The van der Waals surface area contributed by atoms with Gasteiger partial charge in [-0.1, -0.05) is 463 Å². The molecule has 0 aliphatic carbocycles. The Morgan fingerprint density at radius 1 is 0.244 bits per heavy atom. The van der Waals surface area contributed by atoms with Crippen LogP contribution in [0.15, 0.2) is 12.2 Å². The fourth-order valence-electron chi connectivity index (χ4n) is 13.7. The molecule has 5 heteroatoms. The maximum absolute atomic E-state index is 12.4. The Labute approximate surface area is 566 Å². The molecule has 5 nitrogen and oxygen atoms in total. The molecular weight excluding hydrogens is 1100 g/mol. The van der Waals surface area contributed by atoms with Gasteiger partial charge in [0.2, 0.25) is 0 Å². The van der Waals surface area contributed by atoms with E-state index < -0.39 is 6.10 Å². The molecule has 90 heavy (non-hydrogen) atoms. The molecule has 0 amide bonds. The van der Waals surface area contributed by atoms with Crippen LogP contribution in [-0.4, -0.2) is 36.4 Å². The lowest BCUT2D eigenvalue weighted by Crippen LogP contribution is -2.28. The summed E-state index contributed by atoms with van der Waals surface area (Å²) in [5, 5.41) is 9.74. The highest BCUT2D eigenvalue weighted by Gasteiger charge is 2.16. The van der Waals surface area contributed by atoms with Gasteiger partial charge in [-0.2, -0.15) is 0 Å². The molecule has 0 rings (SSSR count). The third-order valence-corrected chi connectivity index (χ3v) is 20.1. The van der Waals surface area contributed by atoms with Crippen LogP contribution in [0.4, 0.5) is 0 Å². The Balaban J connectivity index is 3.32. The van der Waals surface area contributed by atoms with Gasteiger partial charge in [-0.05, 0) is 38.5 Å². The first-order chi connectivity index (χ1) is 44.6. The number of aliphatic hydroxyl groups is 1. The van der Waals surface area contributed by atoms with E-state index in [2.05, 4.69) is 26.0 Å². The number of ether oxygens (including phenoxy) is 2. The fourth-order valence-corrected chi connectivity index (χ4v) is 13.7. The van der Waals surface area contributed by atoms with Gasteiger partial charge in [0, 0.05) is 12.8 Å². The van der Waals surface area contributed by atoms with Crippen molar-refractivity contribution in [2.45, 2.75) is 508 Å². The third kappa shape index (κ3) is 79.1. The summed E-state index contributed by atoms with van der Waals surface area (Å²) in [6.45, 7) is 4.23. The SMILES string of the molecule is CCCCCCCCCC/C=C\CCCCCCCCCCCCCCCCCCCCCCCCCC(=O)OC(CO)COC(=O)CCCCCCCCCCCCCCCCCCCCCCCCCCCCCCCCCCCCCCCCCCC. The summed E-state index contributed by atoms with van der Waals surface area (Å²) >= 11 is 0. The van der Waals surface area contributed by atoms with Gasteiger partial charge >= 0.3 is 11.9 Å². The molecule has 0 heterocycles. The molecule has 0 radical (unpaired) electrons. The summed E-state index contributed by atoms with van der Waals surface area (Å²) < 4.78 is 10.8. The Bertz CT molecular complexity index is 1340. The van der Waals surface area contributed by atoms with E-state index in [1.807, 2.05) is 0 Å². The molecular formula is C85H166O5. The highest BCUT2D eigenvalue weighted by Crippen LogP contribution is 2.21. The molecule has 0 saturated carbocycles. The average Bonchev–Trinajstić information content (AvgIpc) is 3.58. The van der Waals surface area contributed by atoms with Crippen LogP contribution in [0.25, 0.3) is 0 Å². The standard InChI is InChI=1S/C85H166O5/c1-3-5-7-9-11-13-15-17-19-21-23-25-27-29-31-33-35-37-39-40-41-42-43-44-46-47-49-51-53-55-57-59-61-63-65-67-69-71-73-75-77-79-84(87)89-82-83(81-86)90-85(88)80-78-76-74-72-70-68-66-64-62-60-58-56-54-52-50-48-45-38-36-34-32-30-28-26-24-22-20-18-16-14-12-10-8-6-4-2/h22,24,83,86H,3-21,23,25-82H2,1-2H3/b24-22-. The van der Waals surface area contributed by atoms with Crippen molar-refractivity contribution in [1.29, 1.82) is 0 Å². The summed E-state index contributed by atoms with van der Waals surface area (Å²) in [6, 6.07) is 0. The number of esters is 2. The minimum Gasteiger partial charge on any atom is -0.462 e. The van der Waals surface area contributed by atoms with E-state index in [-0.39, 0.29) is 25.2 Å². The lowest BCUT2D eigenvalue weighted by atomic mass is 10.0. The number of aliphatic hydroxyl groups excluding tert-OH is 1. The molecule has 0 spiro atoms. The van der Waals surface area contributed by atoms with Crippen molar-refractivity contribution in [2.24, 2.45) is 0 Å². The van der Waals surface area contributed by atoms with Gasteiger partial charge in [0.1, 0.15) is 6.61 Å². The van der Waals surface area contributed by atoms with E-state index in [0.29, 0.717) is 12.8 Å². The van der Waals surface area contributed by atoms with Crippen molar-refractivity contribution >= 4 is 11.9 Å². The Kier molecular flexibility index (Phi) is 80.6. The van der Waals surface area contributed by atoms with Crippen molar-refractivity contribution in [1.82, 2.24) is 0 Å². The smallest absolute Gasteiger partial charge is 0.306 e. The first-order valence-electron chi connectivity index (χ1n) is 42.2. The van der Waals surface area contributed by atoms with Crippen LogP contribution in [0.3, 0.4) is 0 Å². The number of carbonyl (C=O) groups is 2. The van der Waals surface area contributed by atoms with Crippen LogP contribution >= 0.6 is 0 Å². The topological polar surface area (TPSA) is 72.8 Å². The third-order valence-electron chi connectivity index (χ3n) is 20.1.